The van der Waals surface area contributed by atoms with Gasteiger partial charge in [-0.2, -0.15) is 0 Å². The fourth-order valence-corrected chi connectivity index (χ4v) is 2.94. The Kier molecular flexibility index (Phi) is 5.33. The zero-order valence-electron chi connectivity index (χ0n) is 13.4. The monoisotopic (exact) mass is 346 g/mol. The van der Waals surface area contributed by atoms with Crippen LogP contribution in [-0.2, 0) is 16.0 Å². The first kappa shape index (κ1) is 16.7. The highest BCUT2D eigenvalue weighted by Gasteiger charge is 2.25. The molecular formula is C18H19ClN2O3. The molecule has 1 aliphatic rings. The molecule has 1 saturated heterocycles. The van der Waals surface area contributed by atoms with Crippen LogP contribution in [0.5, 0.6) is 5.88 Å². The van der Waals surface area contributed by atoms with Crippen LogP contribution in [0.25, 0.3) is 0 Å². The average Bonchev–Trinajstić information content (AvgIpc) is 2.62. The van der Waals surface area contributed by atoms with Crippen LogP contribution in [0.3, 0.4) is 0 Å². The zero-order valence-corrected chi connectivity index (χ0v) is 14.2. The molecule has 1 atom stereocenters. The van der Waals surface area contributed by atoms with E-state index in [1.54, 1.807) is 19.4 Å². The summed E-state index contributed by atoms with van der Waals surface area (Å²) in [6, 6.07) is 11.2. The van der Waals surface area contributed by atoms with E-state index in [4.69, 9.17) is 21.1 Å². The van der Waals surface area contributed by atoms with Gasteiger partial charge < -0.3 is 14.4 Å². The second kappa shape index (κ2) is 7.64. The van der Waals surface area contributed by atoms with Crippen molar-refractivity contribution in [2.75, 3.05) is 26.8 Å². The minimum atomic E-state index is -0.145. The maximum absolute atomic E-state index is 12.6. The Labute approximate surface area is 146 Å². The summed E-state index contributed by atoms with van der Waals surface area (Å²) in [6.45, 7) is 1.64. The summed E-state index contributed by atoms with van der Waals surface area (Å²) < 4.78 is 10.9. The number of morpholine rings is 1. The lowest BCUT2D eigenvalue weighted by molar-refractivity contribution is -0.138. The molecule has 0 N–H and O–H groups in total. The molecule has 6 heteroatoms. The van der Waals surface area contributed by atoms with Gasteiger partial charge in [0, 0.05) is 23.8 Å². The van der Waals surface area contributed by atoms with Crippen molar-refractivity contribution < 1.29 is 14.3 Å². The van der Waals surface area contributed by atoms with Crippen molar-refractivity contribution in [2.45, 2.75) is 12.5 Å². The lowest BCUT2D eigenvalue weighted by Crippen LogP contribution is -2.43. The third-order valence-corrected chi connectivity index (χ3v) is 4.24. The van der Waals surface area contributed by atoms with Crippen LogP contribution < -0.4 is 4.74 Å². The molecule has 2 heterocycles. The van der Waals surface area contributed by atoms with Crippen molar-refractivity contribution in [2.24, 2.45) is 0 Å². The molecule has 1 aliphatic heterocycles. The van der Waals surface area contributed by atoms with E-state index < -0.39 is 0 Å². The Morgan fingerprint density at radius 2 is 2.29 bits per heavy atom. The Morgan fingerprint density at radius 1 is 1.42 bits per heavy atom. The smallest absolute Gasteiger partial charge is 0.227 e. The molecule has 126 valence electrons. The number of benzene rings is 1. The van der Waals surface area contributed by atoms with Crippen LogP contribution in [-0.4, -0.2) is 42.6 Å². The van der Waals surface area contributed by atoms with Gasteiger partial charge in [0.25, 0.3) is 0 Å². The van der Waals surface area contributed by atoms with Crippen molar-refractivity contribution in [1.29, 1.82) is 0 Å². The maximum Gasteiger partial charge on any atom is 0.227 e. The van der Waals surface area contributed by atoms with E-state index in [2.05, 4.69) is 4.98 Å². The van der Waals surface area contributed by atoms with Gasteiger partial charge in [-0.15, -0.1) is 0 Å². The van der Waals surface area contributed by atoms with Gasteiger partial charge >= 0.3 is 0 Å². The molecule has 24 heavy (non-hydrogen) atoms. The fourth-order valence-electron chi connectivity index (χ4n) is 2.74. The molecule has 3 rings (SSSR count). The van der Waals surface area contributed by atoms with Crippen molar-refractivity contribution in [3.05, 3.63) is 58.7 Å². The number of amides is 1. The number of methoxy groups -OCH3 is 1. The molecule has 0 aliphatic carbocycles. The normalized spacial score (nSPS) is 17.6. The average molecular weight is 347 g/mol. The highest BCUT2D eigenvalue weighted by atomic mass is 35.5. The SMILES string of the molecule is COc1cc(CC(=O)N2CCOC(c3cccc(Cl)c3)C2)ccn1. The van der Waals surface area contributed by atoms with E-state index in [0.29, 0.717) is 37.0 Å². The molecule has 0 radical (unpaired) electrons. The summed E-state index contributed by atoms with van der Waals surface area (Å²) in [6.07, 6.45) is 1.82. The number of carbonyl (C=O) groups excluding carboxylic acids is 1. The number of rotatable bonds is 4. The molecule has 5 nitrogen and oxygen atoms in total. The Bertz CT molecular complexity index is 723. The van der Waals surface area contributed by atoms with Crippen LogP contribution in [0.15, 0.2) is 42.6 Å². The van der Waals surface area contributed by atoms with Gasteiger partial charge in [0.1, 0.15) is 6.10 Å². The van der Waals surface area contributed by atoms with Crippen LogP contribution in [0.1, 0.15) is 17.2 Å². The van der Waals surface area contributed by atoms with E-state index in [-0.39, 0.29) is 12.0 Å². The molecule has 2 aromatic rings. The van der Waals surface area contributed by atoms with E-state index in [1.807, 2.05) is 35.2 Å². The van der Waals surface area contributed by atoms with Gasteiger partial charge in [-0.3, -0.25) is 4.79 Å². The van der Waals surface area contributed by atoms with Crippen LogP contribution in [0.4, 0.5) is 0 Å². The van der Waals surface area contributed by atoms with E-state index in [0.717, 1.165) is 11.1 Å². The summed E-state index contributed by atoms with van der Waals surface area (Å²) >= 11 is 6.05. The van der Waals surface area contributed by atoms with Gasteiger partial charge in [0.2, 0.25) is 11.8 Å². The number of hydrogen-bond donors (Lipinski definition) is 0. The summed E-state index contributed by atoms with van der Waals surface area (Å²) in [5, 5.41) is 0.670. The fraction of sp³-hybridized carbons (Fsp3) is 0.333. The Morgan fingerprint density at radius 3 is 3.08 bits per heavy atom. The standard InChI is InChI=1S/C18H19ClN2O3/c1-23-17-9-13(5-6-20-17)10-18(22)21-7-8-24-16(12-21)14-3-2-4-15(19)11-14/h2-6,9,11,16H,7-8,10,12H2,1H3. The zero-order chi connectivity index (χ0) is 16.9. The molecule has 1 fully saturated rings. The molecule has 0 bridgehead atoms. The second-order valence-electron chi connectivity index (χ2n) is 5.64. The van der Waals surface area contributed by atoms with Crippen LogP contribution in [0, 0.1) is 0 Å². The topological polar surface area (TPSA) is 51.7 Å². The highest BCUT2D eigenvalue weighted by molar-refractivity contribution is 6.30. The Hall–Kier alpha value is -2.11. The van der Waals surface area contributed by atoms with Gasteiger partial charge in [-0.25, -0.2) is 4.98 Å². The minimum Gasteiger partial charge on any atom is -0.481 e. The van der Waals surface area contributed by atoms with Gasteiger partial charge in [0.15, 0.2) is 0 Å². The third-order valence-electron chi connectivity index (χ3n) is 4.00. The molecule has 0 saturated carbocycles. The van der Waals surface area contributed by atoms with E-state index >= 15 is 0 Å². The summed E-state index contributed by atoms with van der Waals surface area (Å²) in [5.41, 5.74) is 1.88. The molecule has 1 amide bonds. The quantitative estimate of drug-likeness (QED) is 0.854. The largest absolute Gasteiger partial charge is 0.481 e. The van der Waals surface area contributed by atoms with Crippen molar-refractivity contribution in [1.82, 2.24) is 9.88 Å². The van der Waals surface area contributed by atoms with Crippen molar-refractivity contribution >= 4 is 17.5 Å². The first-order valence-corrected chi connectivity index (χ1v) is 8.17. The molecular weight excluding hydrogens is 328 g/mol. The predicted molar refractivity (Wildman–Crippen MR) is 91.2 cm³/mol. The van der Waals surface area contributed by atoms with Crippen molar-refractivity contribution in [3.63, 3.8) is 0 Å². The second-order valence-corrected chi connectivity index (χ2v) is 6.07. The molecule has 1 unspecified atom stereocenters. The molecule has 1 aromatic heterocycles. The first-order valence-electron chi connectivity index (χ1n) is 7.79. The number of ether oxygens (including phenoxy) is 2. The third kappa shape index (κ3) is 4.04. The molecule has 1 aromatic carbocycles. The Balaban J connectivity index is 1.66. The summed E-state index contributed by atoms with van der Waals surface area (Å²) in [7, 11) is 1.56. The van der Waals surface area contributed by atoms with Gasteiger partial charge in [-0.1, -0.05) is 23.7 Å². The van der Waals surface area contributed by atoms with Crippen molar-refractivity contribution in [3.8, 4) is 5.88 Å². The van der Waals surface area contributed by atoms with Gasteiger partial charge in [-0.05, 0) is 29.3 Å². The number of halogens is 1. The van der Waals surface area contributed by atoms with Gasteiger partial charge in [0.05, 0.1) is 26.7 Å². The molecule has 0 spiro atoms. The number of hydrogen-bond acceptors (Lipinski definition) is 4. The number of carbonyl (C=O) groups is 1. The lowest BCUT2D eigenvalue weighted by atomic mass is 10.1. The van der Waals surface area contributed by atoms with E-state index in [9.17, 15) is 4.79 Å². The van der Waals surface area contributed by atoms with Crippen LogP contribution in [0.2, 0.25) is 5.02 Å². The summed E-state index contributed by atoms with van der Waals surface area (Å²) in [4.78, 5) is 18.5. The lowest BCUT2D eigenvalue weighted by Gasteiger charge is -2.33. The number of pyridine rings is 1. The van der Waals surface area contributed by atoms with E-state index in [1.165, 1.54) is 0 Å². The number of nitrogens with zero attached hydrogens (tertiary/aromatic N) is 2. The minimum absolute atomic E-state index is 0.0681. The first-order chi connectivity index (χ1) is 11.7. The summed E-state index contributed by atoms with van der Waals surface area (Å²) in [5.74, 6) is 0.581. The van der Waals surface area contributed by atoms with Crippen LogP contribution >= 0.6 is 11.6 Å². The predicted octanol–water partition coefficient (Wildman–Crippen LogP) is 2.89. The highest BCUT2D eigenvalue weighted by Crippen LogP contribution is 2.25. The maximum atomic E-state index is 12.6. The number of aromatic nitrogens is 1.